The van der Waals surface area contributed by atoms with Gasteiger partial charge in [-0.25, -0.2) is 13.2 Å². The van der Waals surface area contributed by atoms with E-state index in [4.69, 9.17) is 16.3 Å². The summed E-state index contributed by atoms with van der Waals surface area (Å²) in [5.74, 6) is -2.09. The van der Waals surface area contributed by atoms with Crippen LogP contribution in [0.2, 0.25) is 5.15 Å². The lowest BCUT2D eigenvalue weighted by Crippen LogP contribution is -2.45. The first-order valence-corrected chi connectivity index (χ1v) is 13.2. The van der Waals surface area contributed by atoms with E-state index in [2.05, 4.69) is 15.2 Å². The Labute approximate surface area is 220 Å². The number of sulfonamides is 1. The van der Waals surface area contributed by atoms with Gasteiger partial charge in [-0.05, 0) is 45.4 Å². The van der Waals surface area contributed by atoms with Crippen LogP contribution in [0.15, 0.2) is 29.3 Å². The summed E-state index contributed by atoms with van der Waals surface area (Å²) in [4.78, 5) is 23.3. The Morgan fingerprint density at radius 2 is 2.00 bits per heavy atom. The topological polar surface area (TPSA) is 140 Å². The maximum Gasteiger partial charge on any atom is 0.427 e. The molecule has 0 radical (unpaired) electrons. The monoisotopic (exact) mass is 580 g/mol. The minimum absolute atomic E-state index is 0.0398. The number of hydrogen-bond donors (Lipinski definition) is 2. The van der Waals surface area contributed by atoms with E-state index in [9.17, 15) is 36.3 Å². The van der Waals surface area contributed by atoms with Crippen LogP contribution < -0.4 is 14.4 Å². The van der Waals surface area contributed by atoms with Crippen molar-refractivity contribution >= 4 is 45.1 Å². The predicted octanol–water partition coefficient (Wildman–Crippen LogP) is 4.12. The molecule has 2 aromatic rings. The number of amides is 1. The Kier molecular flexibility index (Phi) is 6.97. The van der Waals surface area contributed by atoms with Gasteiger partial charge < -0.3 is 14.6 Å². The van der Waals surface area contributed by atoms with Crippen LogP contribution in [0, 0.1) is 11.8 Å². The molecule has 4 rings (SSSR count). The number of carboxylic acids is 1. The van der Waals surface area contributed by atoms with Gasteiger partial charge in [-0.1, -0.05) is 11.6 Å². The van der Waals surface area contributed by atoms with Gasteiger partial charge in [0.1, 0.15) is 16.7 Å². The number of aliphatic carboxylic acids is 1. The van der Waals surface area contributed by atoms with Crippen LogP contribution >= 0.6 is 11.6 Å². The third-order valence-electron chi connectivity index (χ3n) is 6.34. The standard InChI is InChI=1S/C22H24ClF3N4O7S/c1-4-29-10-17(18(23)28-29)38(34,35)30-9-16(12-8-13(12)19(31)32)36-15-6-5-11(7-14(15)30)27-20(33)37-21(2,3)22(24,25)26/h5-7,10,12-13,16H,4,8-9H2,1-3H3,(H,27,33)(H,31,32)/t12-,13-,16+/m0/s1. The number of ether oxygens (including phenoxy) is 2. The van der Waals surface area contributed by atoms with Crippen LogP contribution in [0.1, 0.15) is 27.2 Å². The Balaban J connectivity index is 1.68. The van der Waals surface area contributed by atoms with E-state index in [0.29, 0.717) is 26.8 Å². The number of carboxylic acid groups (broad SMARTS) is 1. The van der Waals surface area contributed by atoms with Gasteiger partial charge in [0.15, 0.2) is 5.15 Å². The number of rotatable bonds is 7. The Morgan fingerprint density at radius 1 is 1.32 bits per heavy atom. The maximum absolute atomic E-state index is 13.7. The first kappa shape index (κ1) is 27.8. The van der Waals surface area contributed by atoms with Crippen LogP contribution in [-0.4, -0.2) is 59.8 Å². The lowest BCUT2D eigenvalue weighted by atomic mass is 10.1. The summed E-state index contributed by atoms with van der Waals surface area (Å²) in [5, 5.41) is 15.2. The lowest BCUT2D eigenvalue weighted by molar-refractivity contribution is -0.242. The molecule has 2 aliphatic rings. The van der Waals surface area contributed by atoms with Crippen LogP contribution in [-0.2, 0) is 26.1 Å². The Bertz CT molecular complexity index is 1380. The molecule has 0 bridgehead atoms. The molecule has 11 nitrogen and oxygen atoms in total. The third-order valence-corrected chi connectivity index (χ3v) is 8.51. The molecule has 1 aliphatic heterocycles. The van der Waals surface area contributed by atoms with Crippen LogP contribution in [0.25, 0.3) is 0 Å². The molecule has 2 heterocycles. The molecule has 38 heavy (non-hydrogen) atoms. The molecular weight excluding hydrogens is 557 g/mol. The van der Waals surface area contributed by atoms with Crippen molar-refractivity contribution in [1.82, 2.24) is 9.78 Å². The van der Waals surface area contributed by atoms with E-state index < -0.39 is 51.8 Å². The van der Waals surface area contributed by atoms with E-state index in [1.165, 1.54) is 29.1 Å². The molecule has 0 unspecified atom stereocenters. The van der Waals surface area contributed by atoms with Crippen LogP contribution in [0.5, 0.6) is 5.75 Å². The van der Waals surface area contributed by atoms with Gasteiger partial charge in [-0.3, -0.25) is 19.1 Å². The van der Waals surface area contributed by atoms with E-state index >= 15 is 0 Å². The molecule has 1 aliphatic carbocycles. The number of alkyl halides is 3. The first-order chi connectivity index (χ1) is 17.5. The predicted molar refractivity (Wildman–Crippen MR) is 128 cm³/mol. The largest absolute Gasteiger partial charge is 0.486 e. The molecule has 2 N–H and O–H groups in total. The quantitative estimate of drug-likeness (QED) is 0.498. The molecule has 3 atom stereocenters. The minimum Gasteiger partial charge on any atom is -0.486 e. The van der Waals surface area contributed by atoms with E-state index in [-0.39, 0.29) is 33.7 Å². The summed E-state index contributed by atoms with van der Waals surface area (Å²) < 4.78 is 79.4. The van der Waals surface area contributed by atoms with Crippen molar-refractivity contribution < 1.29 is 45.8 Å². The number of carbonyl (C=O) groups excluding carboxylic acids is 1. The van der Waals surface area contributed by atoms with Crippen molar-refractivity contribution in [3.05, 3.63) is 29.5 Å². The second-order valence-corrected chi connectivity index (χ2v) is 11.6. The maximum atomic E-state index is 13.7. The number of aryl methyl sites for hydroxylation is 1. The number of aromatic nitrogens is 2. The van der Waals surface area contributed by atoms with E-state index in [1.807, 2.05) is 0 Å². The number of halogens is 4. The molecule has 1 saturated carbocycles. The van der Waals surface area contributed by atoms with Crippen molar-refractivity contribution in [2.24, 2.45) is 11.8 Å². The molecule has 16 heteroatoms. The molecule has 1 fully saturated rings. The molecule has 1 amide bonds. The summed E-state index contributed by atoms with van der Waals surface area (Å²) in [6.07, 6.45) is -5.48. The van der Waals surface area contributed by atoms with Gasteiger partial charge in [0, 0.05) is 24.3 Å². The fraction of sp³-hybridized carbons (Fsp3) is 0.500. The Hall–Kier alpha value is -3.20. The SMILES string of the molecule is CCn1cc(S(=O)(=O)N2C[C@H]([C@H]3C[C@@H]3C(=O)O)Oc3ccc(NC(=O)OC(C)(C)C(F)(F)F)cc32)c(Cl)n1. The van der Waals surface area contributed by atoms with Gasteiger partial charge in [-0.2, -0.15) is 18.3 Å². The first-order valence-electron chi connectivity index (χ1n) is 11.4. The average Bonchev–Trinajstić information content (AvgIpc) is 3.52. The van der Waals surface area contributed by atoms with Gasteiger partial charge in [0.2, 0.25) is 5.60 Å². The summed E-state index contributed by atoms with van der Waals surface area (Å²) in [6, 6.07) is 3.81. The van der Waals surface area contributed by atoms with Crippen LogP contribution in [0.3, 0.4) is 0 Å². The average molecular weight is 581 g/mol. The number of benzene rings is 1. The van der Waals surface area contributed by atoms with E-state index in [1.54, 1.807) is 6.92 Å². The smallest absolute Gasteiger partial charge is 0.427 e. The van der Waals surface area contributed by atoms with Crippen molar-refractivity contribution in [2.75, 3.05) is 16.2 Å². The van der Waals surface area contributed by atoms with Gasteiger partial charge >= 0.3 is 18.2 Å². The second kappa shape index (κ2) is 9.52. The number of anilines is 2. The van der Waals surface area contributed by atoms with Gasteiger partial charge in [0.25, 0.3) is 10.0 Å². The highest BCUT2D eigenvalue weighted by molar-refractivity contribution is 7.93. The zero-order valence-corrected chi connectivity index (χ0v) is 21.9. The molecule has 0 saturated heterocycles. The summed E-state index contributed by atoms with van der Waals surface area (Å²) in [5.41, 5.74) is -2.89. The molecule has 208 valence electrons. The number of nitrogens with one attached hydrogen (secondary N) is 1. The fourth-order valence-corrected chi connectivity index (χ4v) is 5.91. The molecule has 1 aromatic heterocycles. The van der Waals surface area contributed by atoms with Crippen molar-refractivity contribution in [3.8, 4) is 5.75 Å². The number of hydrogen-bond acceptors (Lipinski definition) is 7. The van der Waals surface area contributed by atoms with Gasteiger partial charge in [-0.15, -0.1) is 0 Å². The zero-order valence-electron chi connectivity index (χ0n) is 20.3. The fourth-order valence-electron chi connectivity index (χ4n) is 3.98. The van der Waals surface area contributed by atoms with Gasteiger partial charge in [0.05, 0.1) is 18.2 Å². The van der Waals surface area contributed by atoms with Crippen molar-refractivity contribution in [3.63, 3.8) is 0 Å². The molecular formula is C22H24ClF3N4O7S. The normalized spacial score (nSPS) is 21.3. The molecule has 0 spiro atoms. The zero-order chi connectivity index (χ0) is 28.2. The Morgan fingerprint density at radius 3 is 2.55 bits per heavy atom. The minimum atomic E-state index is -4.83. The highest BCUT2D eigenvalue weighted by Crippen LogP contribution is 2.48. The van der Waals surface area contributed by atoms with Crippen LogP contribution in [0.4, 0.5) is 29.3 Å². The highest BCUT2D eigenvalue weighted by Gasteiger charge is 2.53. The third kappa shape index (κ3) is 5.21. The van der Waals surface area contributed by atoms with E-state index in [0.717, 1.165) is 4.31 Å². The van der Waals surface area contributed by atoms with Crippen molar-refractivity contribution in [1.29, 1.82) is 0 Å². The second-order valence-electron chi connectivity index (χ2n) is 9.38. The number of nitrogens with zero attached hydrogens (tertiary/aromatic N) is 3. The summed E-state index contributed by atoms with van der Waals surface area (Å²) >= 11 is 6.12. The van der Waals surface area contributed by atoms with Crippen molar-refractivity contribution in [2.45, 2.75) is 56.5 Å². The number of carbonyl (C=O) groups is 2. The summed E-state index contributed by atoms with van der Waals surface area (Å²) in [7, 11) is -4.37. The highest BCUT2D eigenvalue weighted by atomic mass is 35.5. The molecule has 1 aromatic carbocycles. The lowest BCUT2D eigenvalue weighted by Gasteiger charge is -2.36. The summed E-state index contributed by atoms with van der Waals surface area (Å²) in [6.45, 7) is 3.17. The number of fused-ring (bicyclic) bond motifs is 1.